The van der Waals surface area contributed by atoms with Gasteiger partial charge in [0.15, 0.2) is 6.10 Å². The number of rotatable bonds is 11. The van der Waals surface area contributed by atoms with Crippen LogP contribution in [0.3, 0.4) is 0 Å². The number of alkyl halides is 8. The highest BCUT2D eigenvalue weighted by Gasteiger charge is 2.59. The molecule has 6 atom stereocenters. The highest BCUT2D eigenvalue weighted by atomic mass is 35.5. The Morgan fingerprint density at radius 2 is 1.52 bits per heavy atom. The Balaban J connectivity index is 0.000000395. The van der Waals surface area contributed by atoms with Gasteiger partial charge in [0.05, 0.1) is 18.0 Å². The number of hydrogen-bond donors (Lipinski definition) is 5. The lowest BCUT2D eigenvalue weighted by atomic mass is 9.83. The quantitative estimate of drug-likeness (QED) is 0.178. The second-order valence-electron chi connectivity index (χ2n) is 13.0. The molecule has 5 rings (SSSR count). The van der Waals surface area contributed by atoms with Gasteiger partial charge in [-0.05, 0) is 25.0 Å². The molecular formula is C35H38ClF8N7O7. The Bertz CT molecular complexity index is 2000. The van der Waals surface area contributed by atoms with E-state index in [0.29, 0.717) is 27.1 Å². The third-order valence-corrected chi connectivity index (χ3v) is 9.00. The van der Waals surface area contributed by atoms with Crippen LogP contribution in [0.5, 0.6) is 0 Å². The van der Waals surface area contributed by atoms with E-state index in [1.807, 2.05) is 0 Å². The van der Waals surface area contributed by atoms with E-state index >= 15 is 0 Å². The molecule has 2 aromatic carbocycles. The van der Waals surface area contributed by atoms with Crippen molar-refractivity contribution in [2.24, 2.45) is 22.6 Å². The summed E-state index contributed by atoms with van der Waals surface area (Å²) in [7, 11) is 1.42. The van der Waals surface area contributed by atoms with Crippen molar-refractivity contribution in [2.45, 2.75) is 68.6 Å². The minimum absolute atomic E-state index is 0. The van der Waals surface area contributed by atoms with E-state index in [0.717, 1.165) is 12.3 Å². The number of carbonyl (C=O) groups excluding carboxylic acids is 3. The molecule has 0 bridgehead atoms. The van der Waals surface area contributed by atoms with Crippen molar-refractivity contribution >= 4 is 47.3 Å². The van der Waals surface area contributed by atoms with E-state index < -0.39 is 110 Å². The van der Waals surface area contributed by atoms with Crippen LogP contribution in [0.4, 0.5) is 46.6 Å². The molecule has 0 aliphatic carbocycles. The predicted octanol–water partition coefficient (Wildman–Crippen LogP) is 3.48. The van der Waals surface area contributed by atoms with E-state index in [4.69, 9.17) is 21.3 Å². The van der Waals surface area contributed by atoms with Gasteiger partial charge in [-0.2, -0.15) is 40.1 Å². The van der Waals surface area contributed by atoms with E-state index in [9.17, 15) is 59.4 Å². The number of amides is 3. The van der Waals surface area contributed by atoms with E-state index in [1.54, 1.807) is 54.6 Å². The lowest BCUT2D eigenvalue weighted by Crippen LogP contribution is -2.50. The van der Waals surface area contributed by atoms with Gasteiger partial charge in [0.1, 0.15) is 11.9 Å². The normalized spacial score (nSPS) is 21.3. The maximum Gasteiger partial charge on any atom is 0.389 e. The van der Waals surface area contributed by atoms with Crippen LogP contribution in [0, 0.1) is 11.8 Å². The Kier molecular flexibility index (Phi) is 15.5. The van der Waals surface area contributed by atoms with Gasteiger partial charge < -0.3 is 36.6 Å². The first-order chi connectivity index (χ1) is 26.6. The number of ether oxygens (including phenoxy) is 1. The van der Waals surface area contributed by atoms with Crippen LogP contribution in [-0.4, -0.2) is 93.5 Å². The van der Waals surface area contributed by atoms with Crippen LogP contribution >= 0.6 is 12.4 Å². The van der Waals surface area contributed by atoms with Crippen molar-refractivity contribution in [1.29, 1.82) is 0 Å². The zero-order chi connectivity index (χ0) is 42.5. The number of anilines is 2. The first kappa shape index (κ1) is 47.2. The van der Waals surface area contributed by atoms with Gasteiger partial charge in [-0.15, -0.1) is 12.4 Å². The molecular weight excluding hydrogens is 818 g/mol. The second-order valence-corrected chi connectivity index (χ2v) is 13.0. The van der Waals surface area contributed by atoms with Crippen LogP contribution in [-0.2, 0) is 19.1 Å². The van der Waals surface area contributed by atoms with Crippen LogP contribution in [0.15, 0.2) is 76.6 Å². The van der Waals surface area contributed by atoms with E-state index in [1.165, 1.54) is 11.9 Å². The fraction of sp³-hybridized carbons (Fsp3) is 0.429. The summed E-state index contributed by atoms with van der Waals surface area (Å²) in [5.41, 5.74) is 11.3. The summed E-state index contributed by atoms with van der Waals surface area (Å²) in [6.07, 6.45) is -20.9. The van der Waals surface area contributed by atoms with Gasteiger partial charge in [0, 0.05) is 49.0 Å². The Morgan fingerprint density at radius 3 is 2.05 bits per heavy atom. The standard InChI is InChI=1S/C26H26F6N4O3.C9H11F2N3O4.ClH/c1-36-19-10-6-5-9-18(19)20(15-7-3-2-4-8-15)34-22(24(36)39)35-23(38)17(12-14-26(30,31)32)16(21(33)37)11-13-25(27,28)29;10-9(11)6(16)4(3-15)18-7(9)14-2-1-5(12)13-8(14)17;/h2-10,16-17,22H,11-14H2,1H3,(H2,33,37)(H,35,38);1-2,4,6-7,15-16H,3H2,(H2,12,13,17);1H/t16-,17+,22+;4-,6-,7-;/m01./s1. The van der Waals surface area contributed by atoms with Crippen LogP contribution < -0.4 is 27.4 Å². The number of primary amides is 1. The van der Waals surface area contributed by atoms with Gasteiger partial charge >= 0.3 is 24.0 Å². The largest absolute Gasteiger partial charge is 0.394 e. The van der Waals surface area contributed by atoms with Crippen molar-refractivity contribution in [1.82, 2.24) is 14.9 Å². The maximum atomic E-state index is 13.7. The Hall–Kier alpha value is -5.19. The maximum absolute atomic E-state index is 13.7. The molecule has 7 N–H and O–H groups in total. The van der Waals surface area contributed by atoms with Crippen LogP contribution in [0.25, 0.3) is 0 Å². The smallest absolute Gasteiger partial charge is 0.389 e. The molecule has 23 heteroatoms. The molecule has 1 fully saturated rings. The first-order valence-corrected chi connectivity index (χ1v) is 17.0. The molecule has 1 saturated heterocycles. The van der Waals surface area contributed by atoms with E-state index in [2.05, 4.69) is 15.3 Å². The van der Waals surface area contributed by atoms with Gasteiger partial charge in [-0.25, -0.2) is 9.79 Å². The van der Waals surface area contributed by atoms with Crippen molar-refractivity contribution in [3.8, 4) is 0 Å². The summed E-state index contributed by atoms with van der Waals surface area (Å²) in [6, 6.07) is 16.5. The van der Waals surface area contributed by atoms with E-state index in [-0.39, 0.29) is 18.2 Å². The summed E-state index contributed by atoms with van der Waals surface area (Å²) in [6.45, 7) is -0.787. The number of hydrogen-bond acceptors (Lipinski definition) is 10. The number of carbonyl (C=O) groups is 3. The number of nitrogens with zero attached hydrogens (tertiary/aromatic N) is 4. The fourth-order valence-electron chi connectivity index (χ4n) is 6.10. The summed E-state index contributed by atoms with van der Waals surface area (Å²) in [5, 5.41) is 20.4. The Morgan fingerprint density at radius 1 is 0.948 bits per heavy atom. The molecule has 14 nitrogen and oxygen atoms in total. The van der Waals surface area contributed by atoms with Crippen molar-refractivity contribution < 1.29 is 64.5 Å². The summed E-state index contributed by atoms with van der Waals surface area (Å²) in [4.78, 5) is 58.9. The average Bonchev–Trinajstić information content (AvgIpc) is 3.30. The number of nitrogen functional groups attached to an aromatic ring is 1. The molecule has 0 saturated carbocycles. The van der Waals surface area contributed by atoms with Crippen molar-refractivity contribution in [3.63, 3.8) is 0 Å². The monoisotopic (exact) mass is 855 g/mol. The van der Waals surface area contributed by atoms with Gasteiger partial charge in [-0.3, -0.25) is 19.0 Å². The molecule has 3 heterocycles. The molecule has 0 spiro atoms. The minimum Gasteiger partial charge on any atom is -0.394 e. The van der Waals surface area contributed by atoms with Crippen molar-refractivity contribution in [2.75, 3.05) is 24.3 Å². The number of halogens is 9. The number of aliphatic hydroxyl groups excluding tert-OH is 2. The highest BCUT2D eigenvalue weighted by Crippen LogP contribution is 2.42. The third-order valence-electron chi connectivity index (χ3n) is 9.00. The molecule has 3 amide bonds. The average molecular weight is 856 g/mol. The molecule has 2 aliphatic rings. The number of nitrogens with one attached hydrogen (secondary N) is 1. The molecule has 2 aliphatic heterocycles. The number of benzene rings is 2. The lowest BCUT2D eigenvalue weighted by molar-refractivity contribution is -0.152. The number of likely N-dealkylation sites (N-methyl/N-ethyl adjacent to an activating group) is 1. The summed E-state index contributed by atoms with van der Waals surface area (Å²) < 4.78 is 110. The number of benzodiazepines with no additional fused rings is 1. The summed E-state index contributed by atoms with van der Waals surface area (Å²) >= 11 is 0. The highest BCUT2D eigenvalue weighted by molar-refractivity contribution is 6.20. The van der Waals surface area contributed by atoms with Crippen LogP contribution in [0.2, 0.25) is 0 Å². The number of aliphatic imine (C=N–C) groups is 1. The van der Waals surface area contributed by atoms with Crippen LogP contribution in [0.1, 0.15) is 43.0 Å². The zero-order valence-electron chi connectivity index (χ0n) is 30.2. The van der Waals surface area contributed by atoms with Gasteiger partial charge in [0.2, 0.25) is 24.2 Å². The van der Waals surface area contributed by atoms with Crippen molar-refractivity contribution in [3.05, 3.63) is 88.5 Å². The molecule has 318 valence electrons. The Labute approximate surface area is 330 Å². The molecule has 58 heavy (non-hydrogen) atoms. The fourth-order valence-corrected chi connectivity index (χ4v) is 6.10. The number of aliphatic hydroxyl groups is 2. The SMILES string of the molecule is CN1C(=O)[C@@H](NC(=O)[C@H](CCC(F)(F)F)[C@H](CCC(F)(F)F)C(N)=O)N=C(c2ccccc2)c2ccccc21.Cl.Nc1ccn([C@@H]2O[C@H](CO)[C@@H](O)C2(F)F)c(=O)n1. The second kappa shape index (κ2) is 19.0. The molecule has 0 unspecified atom stereocenters. The number of nitrogens with two attached hydrogens (primary N) is 2. The van der Waals surface area contributed by atoms with Gasteiger partial charge in [-0.1, -0.05) is 48.5 Å². The molecule has 1 aromatic heterocycles. The molecule has 3 aromatic rings. The minimum atomic E-state index is -4.76. The lowest BCUT2D eigenvalue weighted by Gasteiger charge is -2.27. The molecule has 0 radical (unpaired) electrons. The predicted molar refractivity (Wildman–Crippen MR) is 193 cm³/mol. The first-order valence-electron chi connectivity index (χ1n) is 17.0. The number of fused-ring (bicyclic) bond motifs is 1. The number of para-hydroxylation sites is 1. The summed E-state index contributed by atoms with van der Waals surface area (Å²) in [5.74, 6) is -10.9. The van der Waals surface area contributed by atoms with Gasteiger partial charge in [0.25, 0.3) is 5.91 Å². The topological polar surface area (TPSA) is 215 Å². The zero-order valence-corrected chi connectivity index (χ0v) is 31.0. The third kappa shape index (κ3) is 11.5. The number of aromatic nitrogens is 2.